The average molecular weight is 295 g/mol. The van der Waals surface area contributed by atoms with E-state index in [4.69, 9.17) is 4.74 Å². The summed E-state index contributed by atoms with van der Waals surface area (Å²) in [5.41, 5.74) is 1.97. The lowest BCUT2D eigenvalue weighted by Crippen LogP contribution is -2.10. The fourth-order valence-electron chi connectivity index (χ4n) is 1.89. The standard InChI is InChI=1S/C18H17NO3/c1-3-18(21)19-16-11-15(13(2)20)9-10-17(16)22-12-14-7-5-4-6-8-14/h3-11H,1,12H2,2H3,(H,19,21). The van der Waals surface area contributed by atoms with Crippen molar-refractivity contribution in [3.63, 3.8) is 0 Å². The van der Waals surface area contributed by atoms with Crippen LogP contribution in [0.3, 0.4) is 0 Å². The summed E-state index contributed by atoms with van der Waals surface area (Å²) in [5, 5.41) is 2.66. The van der Waals surface area contributed by atoms with Crippen LogP contribution in [-0.2, 0) is 11.4 Å². The number of hydrogen-bond donors (Lipinski definition) is 1. The molecule has 0 heterocycles. The van der Waals surface area contributed by atoms with Crippen LogP contribution >= 0.6 is 0 Å². The molecule has 0 unspecified atom stereocenters. The Morgan fingerprint density at radius 2 is 1.91 bits per heavy atom. The van der Waals surface area contributed by atoms with E-state index in [0.717, 1.165) is 5.56 Å². The summed E-state index contributed by atoms with van der Waals surface area (Å²) in [6, 6.07) is 14.6. The van der Waals surface area contributed by atoms with Gasteiger partial charge in [0.1, 0.15) is 12.4 Å². The molecular formula is C18H17NO3. The minimum absolute atomic E-state index is 0.0799. The first-order valence-electron chi connectivity index (χ1n) is 6.85. The fourth-order valence-corrected chi connectivity index (χ4v) is 1.89. The van der Waals surface area contributed by atoms with Gasteiger partial charge in [0, 0.05) is 5.56 Å². The van der Waals surface area contributed by atoms with E-state index in [2.05, 4.69) is 11.9 Å². The highest BCUT2D eigenvalue weighted by Gasteiger charge is 2.10. The summed E-state index contributed by atoms with van der Waals surface area (Å²) in [5.74, 6) is 0.0676. The van der Waals surface area contributed by atoms with E-state index in [1.807, 2.05) is 30.3 Å². The van der Waals surface area contributed by atoms with Crippen molar-refractivity contribution in [2.24, 2.45) is 0 Å². The van der Waals surface area contributed by atoms with Crippen LogP contribution in [0, 0.1) is 0 Å². The van der Waals surface area contributed by atoms with Crippen LogP contribution in [-0.4, -0.2) is 11.7 Å². The van der Waals surface area contributed by atoms with Crippen molar-refractivity contribution in [2.75, 3.05) is 5.32 Å². The Hall–Kier alpha value is -2.88. The first-order valence-corrected chi connectivity index (χ1v) is 6.85. The topological polar surface area (TPSA) is 55.4 Å². The highest BCUT2D eigenvalue weighted by Crippen LogP contribution is 2.27. The molecule has 4 heteroatoms. The van der Waals surface area contributed by atoms with Crippen molar-refractivity contribution in [2.45, 2.75) is 13.5 Å². The number of ketones is 1. The smallest absolute Gasteiger partial charge is 0.247 e. The second-order valence-electron chi connectivity index (χ2n) is 4.73. The number of rotatable bonds is 6. The first-order chi connectivity index (χ1) is 10.6. The summed E-state index contributed by atoms with van der Waals surface area (Å²) in [6.07, 6.45) is 1.17. The molecule has 4 nitrogen and oxygen atoms in total. The molecule has 0 saturated heterocycles. The number of carbonyl (C=O) groups excluding carboxylic acids is 2. The number of hydrogen-bond acceptors (Lipinski definition) is 3. The molecule has 1 amide bonds. The predicted octanol–water partition coefficient (Wildman–Crippen LogP) is 3.59. The molecule has 0 aromatic heterocycles. The lowest BCUT2D eigenvalue weighted by atomic mass is 10.1. The van der Waals surface area contributed by atoms with Crippen molar-refractivity contribution in [3.8, 4) is 5.75 Å². The second-order valence-corrected chi connectivity index (χ2v) is 4.73. The van der Waals surface area contributed by atoms with Gasteiger partial charge in [-0.1, -0.05) is 36.9 Å². The van der Waals surface area contributed by atoms with Gasteiger partial charge in [-0.05, 0) is 36.8 Å². The summed E-state index contributed by atoms with van der Waals surface area (Å²) in [4.78, 5) is 23.0. The molecule has 112 valence electrons. The molecule has 0 radical (unpaired) electrons. The molecule has 22 heavy (non-hydrogen) atoms. The van der Waals surface area contributed by atoms with E-state index >= 15 is 0 Å². The maximum absolute atomic E-state index is 11.5. The summed E-state index contributed by atoms with van der Waals surface area (Å²) >= 11 is 0. The summed E-state index contributed by atoms with van der Waals surface area (Å²) in [6.45, 7) is 5.26. The van der Waals surface area contributed by atoms with E-state index in [-0.39, 0.29) is 11.7 Å². The van der Waals surface area contributed by atoms with Gasteiger partial charge in [0.15, 0.2) is 5.78 Å². The molecular weight excluding hydrogens is 278 g/mol. The largest absolute Gasteiger partial charge is 0.487 e. The Morgan fingerprint density at radius 3 is 2.55 bits per heavy atom. The second kappa shape index (κ2) is 7.22. The molecule has 0 saturated carbocycles. The van der Waals surface area contributed by atoms with Crippen LogP contribution in [0.15, 0.2) is 61.2 Å². The lowest BCUT2D eigenvalue weighted by molar-refractivity contribution is -0.111. The van der Waals surface area contributed by atoms with E-state index in [1.165, 1.54) is 13.0 Å². The molecule has 0 aliphatic rings. The van der Waals surface area contributed by atoms with Crippen molar-refractivity contribution in [1.82, 2.24) is 0 Å². The number of carbonyl (C=O) groups is 2. The fraction of sp³-hybridized carbons (Fsp3) is 0.111. The third-order valence-corrected chi connectivity index (χ3v) is 3.07. The maximum atomic E-state index is 11.5. The molecule has 2 aromatic carbocycles. The first kappa shape index (κ1) is 15.5. The zero-order valence-corrected chi connectivity index (χ0v) is 12.3. The van der Waals surface area contributed by atoms with Crippen LogP contribution in [0.1, 0.15) is 22.8 Å². The van der Waals surface area contributed by atoms with Crippen molar-refractivity contribution >= 4 is 17.4 Å². The SMILES string of the molecule is C=CC(=O)Nc1cc(C(C)=O)ccc1OCc1ccccc1. The Morgan fingerprint density at radius 1 is 1.18 bits per heavy atom. The monoisotopic (exact) mass is 295 g/mol. The van der Waals surface area contributed by atoms with Gasteiger partial charge in [-0.25, -0.2) is 0 Å². The Balaban J connectivity index is 2.22. The Labute approximate surface area is 129 Å². The van der Waals surface area contributed by atoms with E-state index < -0.39 is 0 Å². The molecule has 0 fully saturated rings. The average Bonchev–Trinajstić information content (AvgIpc) is 2.54. The number of amides is 1. The maximum Gasteiger partial charge on any atom is 0.247 e. The van der Waals surface area contributed by atoms with Crippen LogP contribution in [0.2, 0.25) is 0 Å². The van der Waals surface area contributed by atoms with Gasteiger partial charge < -0.3 is 10.1 Å². The van der Waals surface area contributed by atoms with E-state index in [0.29, 0.717) is 23.6 Å². The zero-order valence-electron chi connectivity index (χ0n) is 12.3. The minimum atomic E-state index is -0.356. The van der Waals surface area contributed by atoms with Gasteiger partial charge in [0.2, 0.25) is 5.91 Å². The number of Topliss-reactive ketones (excluding diaryl/α,β-unsaturated/α-hetero) is 1. The van der Waals surface area contributed by atoms with Crippen LogP contribution in [0.25, 0.3) is 0 Å². The molecule has 2 aromatic rings. The number of anilines is 1. The van der Waals surface area contributed by atoms with Crippen molar-refractivity contribution in [1.29, 1.82) is 0 Å². The van der Waals surface area contributed by atoms with Crippen molar-refractivity contribution in [3.05, 3.63) is 72.3 Å². The molecule has 0 aliphatic carbocycles. The molecule has 0 atom stereocenters. The highest BCUT2D eigenvalue weighted by molar-refractivity contribution is 6.02. The van der Waals surface area contributed by atoms with E-state index in [9.17, 15) is 9.59 Å². The number of benzene rings is 2. The van der Waals surface area contributed by atoms with Gasteiger partial charge in [0.05, 0.1) is 5.69 Å². The third-order valence-electron chi connectivity index (χ3n) is 3.07. The molecule has 0 spiro atoms. The van der Waals surface area contributed by atoms with Crippen LogP contribution in [0.5, 0.6) is 5.75 Å². The zero-order chi connectivity index (χ0) is 15.9. The Kier molecular flexibility index (Phi) is 5.09. The van der Waals surface area contributed by atoms with Crippen LogP contribution in [0.4, 0.5) is 5.69 Å². The van der Waals surface area contributed by atoms with Gasteiger partial charge in [0.25, 0.3) is 0 Å². The van der Waals surface area contributed by atoms with Gasteiger partial charge in [-0.3, -0.25) is 9.59 Å². The highest BCUT2D eigenvalue weighted by atomic mass is 16.5. The number of nitrogens with one attached hydrogen (secondary N) is 1. The van der Waals surface area contributed by atoms with Gasteiger partial charge >= 0.3 is 0 Å². The Bertz CT molecular complexity index is 693. The van der Waals surface area contributed by atoms with Gasteiger partial charge in [-0.2, -0.15) is 0 Å². The van der Waals surface area contributed by atoms with E-state index in [1.54, 1.807) is 18.2 Å². The van der Waals surface area contributed by atoms with Crippen LogP contribution < -0.4 is 10.1 Å². The summed E-state index contributed by atoms with van der Waals surface area (Å²) in [7, 11) is 0. The molecule has 0 bridgehead atoms. The summed E-state index contributed by atoms with van der Waals surface area (Å²) < 4.78 is 5.74. The molecule has 0 aliphatic heterocycles. The molecule has 1 N–H and O–H groups in total. The lowest BCUT2D eigenvalue weighted by Gasteiger charge is -2.13. The minimum Gasteiger partial charge on any atom is -0.487 e. The predicted molar refractivity (Wildman–Crippen MR) is 86.0 cm³/mol. The number of ether oxygens (including phenoxy) is 1. The quantitative estimate of drug-likeness (QED) is 0.654. The normalized spacial score (nSPS) is 9.86. The third kappa shape index (κ3) is 4.06. The molecule has 2 rings (SSSR count). The van der Waals surface area contributed by atoms with Crippen molar-refractivity contribution < 1.29 is 14.3 Å². The van der Waals surface area contributed by atoms with Gasteiger partial charge in [-0.15, -0.1) is 0 Å².